The molecule has 2 aromatic rings. The van der Waals surface area contributed by atoms with E-state index in [0.717, 1.165) is 16.9 Å². The summed E-state index contributed by atoms with van der Waals surface area (Å²) in [5.41, 5.74) is 2.45. The molecule has 0 aliphatic heterocycles. The highest BCUT2D eigenvalue weighted by Gasteiger charge is 2.08. The van der Waals surface area contributed by atoms with Crippen LogP contribution in [0.2, 0.25) is 0 Å². The molecule has 0 aliphatic rings. The van der Waals surface area contributed by atoms with Gasteiger partial charge < -0.3 is 10.0 Å². The molecule has 88 valence electrons. The monoisotopic (exact) mass is 232 g/mol. The van der Waals surface area contributed by atoms with Crippen LogP contribution in [0.3, 0.4) is 0 Å². The second-order valence-corrected chi connectivity index (χ2v) is 3.70. The fourth-order valence-corrected chi connectivity index (χ4v) is 1.67. The number of hydrogen-bond acceptors (Lipinski definition) is 3. The highest BCUT2D eigenvalue weighted by molar-refractivity contribution is 5.64. The number of pyridine rings is 1. The predicted octanol–water partition coefficient (Wildman–Crippen LogP) is 2.48. The molecule has 0 saturated heterocycles. The maximum Gasteiger partial charge on any atom is 0.123 e. The van der Waals surface area contributed by atoms with Crippen LogP contribution in [-0.2, 0) is 6.61 Å². The molecule has 0 fully saturated rings. The highest BCUT2D eigenvalue weighted by Crippen LogP contribution is 2.26. The van der Waals surface area contributed by atoms with E-state index in [1.165, 1.54) is 12.1 Å². The molecule has 0 saturated carbocycles. The third-order valence-electron chi connectivity index (χ3n) is 2.62. The molecule has 3 nitrogen and oxygen atoms in total. The molecule has 1 aromatic heterocycles. The summed E-state index contributed by atoms with van der Waals surface area (Å²) >= 11 is 0. The quantitative estimate of drug-likeness (QED) is 0.883. The molecule has 1 aromatic carbocycles. The van der Waals surface area contributed by atoms with Crippen LogP contribution >= 0.6 is 0 Å². The number of halogens is 1. The van der Waals surface area contributed by atoms with Crippen molar-refractivity contribution in [3.63, 3.8) is 0 Å². The topological polar surface area (TPSA) is 36.4 Å². The van der Waals surface area contributed by atoms with E-state index in [9.17, 15) is 9.50 Å². The van der Waals surface area contributed by atoms with Crippen molar-refractivity contribution in [1.29, 1.82) is 0 Å². The number of aliphatic hydroxyl groups excluding tert-OH is 1. The van der Waals surface area contributed by atoms with Gasteiger partial charge in [0.1, 0.15) is 5.82 Å². The first-order chi connectivity index (χ1) is 8.22. The summed E-state index contributed by atoms with van der Waals surface area (Å²) < 4.78 is 12.8. The van der Waals surface area contributed by atoms with Gasteiger partial charge >= 0.3 is 0 Å². The van der Waals surface area contributed by atoms with Crippen molar-refractivity contribution in [2.45, 2.75) is 6.61 Å². The van der Waals surface area contributed by atoms with Crippen LogP contribution in [0.1, 0.15) is 5.56 Å². The summed E-state index contributed by atoms with van der Waals surface area (Å²) in [6.45, 7) is -0.0747. The normalized spacial score (nSPS) is 10.3. The Morgan fingerprint density at radius 3 is 2.59 bits per heavy atom. The maximum absolute atomic E-state index is 12.8. The minimum Gasteiger partial charge on any atom is -0.392 e. The Labute approximate surface area is 99.2 Å². The predicted molar refractivity (Wildman–Crippen MR) is 64.6 cm³/mol. The van der Waals surface area contributed by atoms with Gasteiger partial charge in [0.2, 0.25) is 0 Å². The van der Waals surface area contributed by atoms with E-state index in [1.54, 1.807) is 24.5 Å². The number of benzene rings is 1. The molecule has 1 N–H and O–H groups in total. The molecule has 0 bridgehead atoms. The van der Waals surface area contributed by atoms with Crippen molar-refractivity contribution in [2.24, 2.45) is 0 Å². The zero-order valence-corrected chi connectivity index (χ0v) is 9.47. The minimum atomic E-state index is -0.265. The standard InChI is InChI=1S/C13H13FN2O/c1-16(12-4-2-11(14)3-5-12)13-6-7-15-8-10(13)9-17/h2-8,17H,9H2,1H3. The van der Waals surface area contributed by atoms with Gasteiger partial charge in [-0.25, -0.2) is 4.39 Å². The largest absolute Gasteiger partial charge is 0.392 e. The number of nitrogens with zero attached hydrogens (tertiary/aromatic N) is 2. The van der Waals surface area contributed by atoms with Crippen LogP contribution in [0.5, 0.6) is 0 Å². The van der Waals surface area contributed by atoms with Gasteiger partial charge in [-0.2, -0.15) is 0 Å². The smallest absolute Gasteiger partial charge is 0.123 e. The fraction of sp³-hybridized carbons (Fsp3) is 0.154. The average molecular weight is 232 g/mol. The van der Waals surface area contributed by atoms with Crippen LogP contribution in [-0.4, -0.2) is 17.1 Å². The van der Waals surface area contributed by atoms with Gasteiger partial charge in [0.05, 0.1) is 6.61 Å². The third kappa shape index (κ3) is 2.42. The second kappa shape index (κ2) is 4.93. The Hall–Kier alpha value is -1.94. The molecule has 0 aliphatic carbocycles. The number of anilines is 2. The molecule has 4 heteroatoms. The Morgan fingerprint density at radius 2 is 1.94 bits per heavy atom. The molecule has 2 rings (SSSR count). The van der Waals surface area contributed by atoms with Crippen LogP contribution in [0.25, 0.3) is 0 Å². The van der Waals surface area contributed by atoms with Crippen LogP contribution in [0.4, 0.5) is 15.8 Å². The van der Waals surface area contributed by atoms with E-state index < -0.39 is 0 Å². The highest BCUT2D eigenvalue weighted by atomic mass is 19.1. The van der Waals surface area contributed by atoms with E-state index in [-0.39, 0.29) is 12.4 Å². The van der Waals surface area contributed by atoms with Crippen molar-refractivity contribution >= 4 is 11.4 Å². The van der Waals surface area contributed by atoms with Crippen LogP contribution in [0, 0.1) is 5.82 Å². The lowest BCUT2D eigenvalue weighted by atomic mass is 10.2. The molecule has 17 heavy (non-hydrogen) atoms. The van der Waals surface area contributed by atoms with Crippen molar-refractivity contribution in [3.8, 4) is 0 Å². The van der Waals surface area contributed by atoms with Gasteiger partial charge in [-0.15, -0.1) is 0 Å². The van der Waals surface area contributed by atoms with Gasteiger partial charge in [0.15, 0.2) is 0 Å². The van der Waals surface area contributed by atoms with Crippen molar-refractivity contribution in [1.82, 2.24) is 4.98 Å². The molecule has 0 amide bonds. The summed E-state index contributed by atoms with van der Waals surface area (Å²) in [5.74, 6) is -0.265. The molecule has 1 heterocycles. The first kappa shape index (κ1) is 11.5. The van der Waals surface area contributed by atoms with Crippen molar-refractivity contribution in [3.05, 3.63) is 54.1 Å². The third-order valence-corrected chi connectivity index (χ3v) is 2.62. The summed E-state index contributed by atoms with van der Waals surface area (Å²) in [6, 6.07) is 8.01. The first-order valence-electron chi connectivity index (χ1n) is 5.25. The summed E-state index contributed by atoms with van der Waals surface area (Å²) in [7, 11) is 1.86. The van der Waals surface area contributed by atoms with Crippen LogP contribution < -0.4 is 4.90 Å². The van der Waals surface area contributed by atoms with E-state index in [1.807, 2.05) is 18.0 Å². The number of hydrogen-bond donors (Lipinski definition) is 1. The van der Waals surface area contributed by atoms with Gasteiger partial charge in [0, 0.05) is 36.4 Å². The number of rotatable bonds is 3. The van der Waals surface area contributed by atoms with Crippen molar-refractivity contribution in [2.75, 3.05) is 11.9 Å². The molecule has 0 unspecified atom stereocenters. The molecular weight excluding hydrogens is 219 g/mol. The molecular formula is C13H13FN2O. The van der Waals surface area contributed by atoms with Gasteiger partial charge in [-0.1, -0.05) is 0 Å². The number of aromatic nitrogens is 1. The SMILES string of the molecule is CN(c1ccc(F)cc1)c1ccncc1CO. The van der Waals surface area contributed by atoms with Crippen LogP contribution in [0.15, 0.2) is 42.7 Å². The molecule has 0 spiro atoms. The Kier molecular flexibility index (Phi) is 3.35. The van der Waals surface area contributed by atoms with Gasteiger partial charge in [0.25, 0.3) is 0 Å². The Bertz CT molecular complexity index is 499. The van der Waals surface area contributed by atoms with Gasteiger partial charge in [-0.3, -0.25) is 4.98 Å². The Balaban J connectivity index is 2.36. The maximum atomic E-state index is 12.8. The lowest BCUT2D eigenvalue weighted by Gasteiger charge is -2.21. The van der Waals surface area contributed by atoms with E-state index in [0.29, 0.717) is 0 Å². The van der Waals surface area contributed by atoms with E-state index in [4.69, 9.17) is 0 Å². The van der Waals surface area contributed by atoms with Crippen molar-refractivity contribution < 1.29 is 9.50 Å². The van der Waals surface area contributed by atoms with E-state index in [2.05, 4.69) is 4.98 Å². The zero-order valence-electron chi connectivity index (χ0n) is 9.47. The zero-order chi connectivity index (χ0) is 12.3. The fourth-order valence-electron chi connectivity index (χ4n) is 1.67. The van der Waals surface area contributed by atoms with E-state index >= 15 is 0 Å². The summed E-state index contributed by atoms with van der Waals surface area (Å²) in [6.07, 6.45) is 3.28. The second-order valence-electron chi connectivity index (χ2n) is 3.70. The number of aliphatic hydroxyl groups is 1. The molecule has 0 atom stereocenters. The minimum absolute atomic E-state index is 0.0747. The lowest BCUT2D eigenvalue weighted by Crippen LogP contribution is -2.12. The first-order valence-corrected chi connectivity index (χ1v) is 5.25. The summed E-state index contributed by atoms with van der Waals surface area (Å²) in [5, 5.41) is 9.23. The summed E-state index contributed by atoms with van der Waals surface area (Å²) in [4.78, 5) is 5.84. The average Bonchev–Trinajstić information content (AvgIpc) is 2.39. The molecule has 0 radical (unpaired) electrons. The lowest BCUT2D eigenvalue weighted by molar-refractivity contribution is 0.282. The Morgan fingerprint density at radius 1 is 1.24 bits per heavy atom. The van der Waals surface area contributed by atoms with Gasteiger partial charge in [-0.05, 0) is 30.3 Å².